The van der Waals surface area contributed by atoms with Crippen molar-refractivity contribution in [3.63, 3.8) is 0 Å². The van der Waals surface area contributed by atoms with E-state index in [9.17, 15) is 0 Å². The highest BCUT2D eigenvalue weighted by Crippen LogP contribution is 2.21. The van der Waals surface area contributed by atoms with Gasteiger partial charge in [0.2, 0.25) is 0 Å². The summed E-state index contributed by atoms with van der Waals surface area (Å²) in [4.78, 5) is 0. The number of rotatable bonds is 9. The lowest BCUT2D eigenvalue weighted by atomic mass is 10.1. The molecule has 0 aromatic rings. The molecule has 1 heterocycles. The Balaban J connectivity index is 2.45. The third-order valence-corrected chi connectivity index (χ3v) is 2.54. The molecule has 0 aromatic carbocycles. The molecule has 0 N–H and O–H groups in total. The second-order valence-electron chi connectivity index (χ2n) is 3.94. The summed E-state index contributed by atoms with van der Waals surface area (Å²) in [5.41, 5.74) is 0. The van der Waals surface area contributed by atoms with E-state index in [1.54, 1.807) is 18.2 Å². The van der Waals surface area contributed by atoms with Gasteiger partial charge in [-0.2, -0.15) is 0 Å². The molecule has 1 unspecified atom stereocenters. The molecule has 1 aliphatic heterocycles. The van der Waals surface area contributed by atoms with E-state index in [0.29, 0.717) is 32.8 Å². The van der Waals surface area contributed by atoms with Gasteiger partial charge in [-0.25, -0.2) is 0 Å². The van der Waals surface area contributed by atoms with Crippen molar-refractivity contribution < 1.29 is 18.9 Å². The Labute approximate surface area is 109 Å². The van der Waals surface area contributed by atoms with Crippen LogP contribution in [0.1, 0.15) is 6.42 Å². The molecule has 0 aromatic heterocycles. The van der Waals surface area contributed by atoms with Gasteiger partial charge in [0.25, 0.3) is 0 Å². The molecule has 1 rings (SSSR count). The SMILES string of the molecule is C=CCOC1C[C@H](OCC=C)[C@H](OCC=C)CO1. The minimum absolute atomic E-state index is 0.0495. The van der Waals surface area contributed by atoms with Gasteiger partial charge in [0.15, 0.2) is 6.29 Å². The maximum absolute atomic E-state index is 5.69. The van der Waals surface area contributed by atoms with Crippen LogP contribution in [0.3, 0.4) is 0 Å². The summed E-state index contributed by atoms with van der Waals surface area (Å²) in [5.74, 6) is 0. The van der Waals surface area contributed by atoms with E-state index in [-0.39, 0.29) is 18.5 Å². The molecule has 4 heteroatoms. The largest absolute Gasteiger partial charge is 0.371 e. The van der Waals surface area contributed by atoms with Crippen molar-refractivity contribution in [1.82, 2.24) is 0 Å². The summed E-state index contributed by atoms with van der Waals surface area (Å²) in [5, 5.41) is 0. The monoisotopic (exact) mass is 254 g/mol. The Morgan fingerprint density at radius 3 is 2.06 bits per heavy atom. The normalized spacial score (nSPS) is 27.7. The Hall–Kier alpha value is -0.940. The molecule has 1 aliphatic rings. The topological polar surface area (TPSA) is 36.9 Å². The minimum Gasteiger partial charge on any atom is -0.371 e. The summed E-state index contributed by atoms with van der Waals surface area (Å²) in [6, 6.07) is 0. The number of hydrogen-bond acceptors (Lipinski definition) is 4. The average Bonchev–Trinajstić information content (AvgIpc) is 2.41. The van der Waals surface area contributed by atoms with Crippen LogP contribution in [0.5, 0.6) is 0 Å². The predicted molar refractivity (Wildman–Crippen MR) is 70.4 cm³/mol. The van der Waals surface area contributed by atoms with E-state index in [0.717, 1.165) is 0 Å². The second-order valence-corrected chi connectivity index (χ2v) is 3.94. The molecule has 18 heavy (non-hydrogen) atoms. The van der Waals surface area contributed by atoms with Crippen molar-refractivity contribution in [2.75, 3.05) is 26.4 Å². The van der Waals surface area contributed by atoms with Crippen molar-refractivity contribution in [3.8, 4) is 0 Å². The zero-order valence-corrected chi connectivity index (χ0v) is 10.8. The van der Waals surface area contributed by atoms with Gasteiger partial charge < -0.3 is 18.9 Å². The molecule has 102 valence electrons. The highest BCUT2D eigenvalue weighted by Gasteiger charge is 2.32. The van der Waals surface area contributed by atoms with Crippen molar-refractivity contribution in [2.24, 2.45) is 0 Å². The van der Waals surface area contributed by atoms with Crippen molar-refractivity contribution in [3.05, 3.63) is 38.0 Å². The zero-order chi connectivity index (χ0) is 13.2. The third-order valence-electron chi connectivity index (χ3n) is 2.54. The number of ether oxygens (including phenoxy) is 4. The third kappa shape index (κ3) is 5.14. The van der Waals surface area contributed by atoms with Crippen LogP contribution in [0, 0.1) is 0 Å². The van der Waals surface area contributed by atoms with Crippen molar-refractivity contribution >= 4 is 0 Å². The summed E-state index contributed by atoms with van der Waals surface area (Å²) in [6.07, 6.45) is 5.37. The Morgan fingerprint density at radius 2 is 1.44 bits per heavy atom. The summed E-state index contributed by atoms with van der Waals surface area (Å²) < 4.78 is 22.3. The highest BCUT2D eigenvalue weighted by atomic mass is 16.7. The maximum Gasteiger partial charge on any atom is 0.160 e. The highest BCUT2D eigenvalue weighted by molar-refractivity contribution is 4.81. The van der Waals surface area contributed by atoms with Gasteiger partial charge in [-0.3, -0.25) is 0 Å². The van der Waals surface area contributed by atoms with Crippen LogP contribution in [0.4, 0.5) is 0 Å². The molecule has 1 saturated heterocycles. The Kier molecular flexibility index (Phi) is 7.60. The summed E-state index contributed by atoms with van der Waals surface area (Å²) in [7, 11) is 0. The first-order valence-corrected chi connectivity index (χ1v) is 6.11. The van der Waals surface area contributed by atoms with Crippen molar-refractivity contribution in [1.29, 1.82) is 0 Å². The van der Waals surface area contributed by atoms with Crippen LogP contribution >= 0.6 is 0 Å². The van der Waals surface area contributed by atoms with E-state index in [1.807, 2.05) is 0 Å². The fraction of sp³-hybridized carbons (Fsp3) is 0.571. The molecular formula is C14H22O4. The van der Waals surface area contributed by atoms with Crippen LogP contribution in [-0.2, 0) is 18.9 Å². The van der Waals surface area contributed by atoms with E-state index >= 15 is 0 Å². The molecule has 0 aliphatic carbocycles. The van der Waals surface area contributed by atoms with E-state index in [4.69, 9.17) is 18.9 Å². The molecule has 0 spiro atoms. The van der Waals surface area contributed by atoms with Crippen molar-refractivity contribution in [2.45, 2.75) is 24.9 Å². The molecular weight excluding hydrogens is 232 g/mol. The molecule has 0 amide bonds. The first kappa shape index (κ1) is 15.1. The second kappa shape index (κ2) is 9.05. The van der Waals surface area contributed by atoms with Crippen LogP contribution in [0.2, 0.25) is 0 Å². The Bertz CT molecular complexity index is 265. The van der Waals surface area contributed by atoms with Gasteiger partial charge in [0, 0.05) is 6.42 Å². The maximum atomic E-state index is 5.69. The van der Waals surface area contributed by atoms with Gasteiger partial charge in [-0.15, -0.1) is 19.7 Å². The first-order chi connectivity index (χ1) is 8.81. The average molecular weight is 254 g/mol. The van der Waals surface area contributed by atoms with Crippen LogP contribution in [0.25, 0.3) is 0 Å². The van der Waals surface area contributed by atoms with Crippen LogP contribution in [0.15, 0.2) is 38.0 Å². The van der Waals surface area contributed by atoms with E-state index in [2.05, 4.69) is 19.7 Å². The fourth-order valence-electron chi connectivity index (χ4n) is 1.72. The summed E-state index contributed by atoms with van der Waals surface area (Å²) >= 11 is 0. The molecule has 0 bridgehead atoms. The van der Waals surface area contributed by atoms with Gasteiger partial charge in [0.1, 0.15) is 6.10 Å². The lowest BCUT2D eigenvalue weighted by Crippen LogP contribution is -2.45. The lowest BCUT2D eigenvalue weighted by molar-refractivity contribution is -0.227. The summed E-state index contributed by atoms with van der Waals surface area (Å²) in [6.45, 7) is 12.8. The first-order valence-electron chi connectivity index (χ1n) is 6.11. The quantitative estimate of drug-likeness (QED) is 0.590. The predicted octanol–water partition coefficient (Wildman–Crippen LogP) is 2.08. The van der Waals surface area contributed by atoms with Gasteiger partial charge >= 0.3 is 0 Å². The lowest BCUT2D eigenvalue weighted by Gasteiger charge is -2.35. The fourth-order valence-corrected chi connectivity index (χ4v) is 1.72. The minimum atomic E-state index is -0.263. The standard InChI is InChI=1S/C14H22O4/c1-4-7-15-12-10-14(17-9-6-3)18-11-13(12)16-8-5-2/h4-6,12-14H,1-3,7-11H2/t12-,13+,14?/m0/s1. The molecule has 0 radical (unpaired) electrons. The number of hydrogen-bond donors (Lipinski definition) is 0. The van der Waals surface area contributed by atoms with Crippen LogP contribution < -0.4 is 0 Å². The molecule has 3 atom stereocenters. The smallest absolute Gasteiger partial charge is 0.160 e. The van der Waals surface area contributed by atoms with E-state index < -0.39 is 0 Å². The van der Waals surface area contributed by atoms with Gasteiger partial charge in [0.05, 0.1) is 32.5 Å². The molecule has 4 nitrogen and oxygen atoms in total. The van der Waals surface area contributed by atoms with Gasteiger partial charge in [-0.05, 0) is 0 Å². The zero-order valence-electron chi connectivity index (χ0n) is 10.8. The van der Waals surface area contributed by atoms with Gasteiger partial charge in [-0.1, -0.05) is 18.2 Å². The van der Waals surface area contributed by atoms with E-state index in [1.165, 1.54) is 0 Å². The Morgan fingerprint density at radius 1 is 0.889 bits per heavy atom. The molecule has 0 saturated carbocycles. The van der Waals surface area contributed by atoms with Crippen LogP contribution in [-0.4, -0.2) is 44.9 Å². The molecule has 1 fully saturated rings.